The second-order valence-corrected chi connectivity index (χ2v) is 4.66. The van der Waals surface area contributed by atoms with Crippen LogP contribution in [0.25, 0.3) is 5.69 Å². The molecule has 1 aromatic carbocycles. The Morgan fingerprint density at radius 1 is 1.42 bits per heavy atom. The first-order chi connectivity index (χ1) is 9.20. The maximum absolute atomic E-state index is 6.10. The Kier molecular flexibility index (Phi) is 4.90. The highest BCUT2D eigenvalue weighted by Gasteiger charge is 2.04. The molecule has 102 valence electrons. The fourth-order valence-electron chi connectivity index (χ4n) is 1.62. The van der Waals surface area contributed by atoms with E-state index in [1.165, 1.54) is 0 Å². The van der Waals surface area contributed by atoms with E-state index in [0.29, 0.717) is 13.2 Å². The fraction of sp³-hybridized carbons (Fsp3) is 0.385. The van der Waals surface area contributed by atoms with E-state index in [4.69, 9.17) is 16.3 Å². The maximum atomic E-state index is 6.10. The van der Waals surface area contributed by atoms with Gasteiger partial charge in [-0.2, -0.15) is 0 Å². The summed E-state index contributed by atoms with van der Waals surface area (Å²) in [5, 5.41) is 12.2. The van der Waals surface area contributed by atoms with E-state index >= 15 is 0 Å². The van der Waals surface area contributed by atoms with Gasteiger partial charge in [-0.15, -0.1) is 5.10 Å². The summed E-state index contributed by atoms with van der Waals surface area (Å²) in [6.07, 6.45) is 1.89. The Morgan fingerprint density at radius 2 is 2.26 bits per heavy atom. The Labute approximate surface area is 117 Å². The predicted molar refractivity (Wildman–Crippen MR) is 74.7 cm³/mol. The summed E-state index contributed by atoms with van der Waals surface area (Å²) in [5.74, 6) is 0. The molecule has 0 aliphatic heterocycles. The smallest absolute Gasteiger partial charge is 0.0969 e. The molecule has 0 aliphatic rings. The van der Waals surface area contributed by atoms with Crippen molar-refractivity contribution in [2.45, 2.75) is 13.5 Å². The van der Waals surface area contributed by atoms with Crippen LogP contribution in [0.2, 0.25) is 5.02 Å². The molecule has 1 aromatic heterocycles. The number of nitrogens with zero attached hydrogens (tertiary/aromatic N) is 3. The summed E-state index contributed by atoms with van der Waals surface area (Å²) in [7, 11) is 1.68. The molecule has 0 radical (unpaired) electrons. The van der Waals surface area contributed by atoms with Crippen LogP contribution in [0.4, 0.5) is 0 Å². The van der Waals surface area contributed by atoms with Crippen molar-refractivity contribution in [3.63, 3.8) is 0 Å². The molecule has 0 bridgehead atoms. The number of hydrogen-bond donors (Lipinski definition) is 1. The van der Waals surface area contributed by atoms with Crippen LogP contribution in [0.1, 0.15) is 11.3 Å². The number of halogens is 1. The van der Waals surface area contributed by atoms with Crippen LogP contribution in [0.5, 0.6) is 0 Å². The molecule has 1 N–H and O–H groups in total. The van der Waals surface area contributed by atoms with E-state index in [-0.39, 0.29) is 0 Å². The van der Waals surface area contributed by atoms with Crippen LogP contribution in [0.15, 0.2) is 24.4 Å². The molecule has 0 unspecified atom stereocenters. The summed E-state index contributed by atoms with van der Waals surface area (Å²) >= 11 is 6.10. The minimum Gasteiger partial charge on any atom is -0.383 e. The third kappa shape index (κ3) is 3.76. The van der Waals surface area contributed by atoms with Crippen molar-refractivity contribution in [3.05, 3.63) is 40.7 Å². The largest absolute Gasteiger partial charge is 0.383 e. The standard InChI is InChI=1S/C13H17ClN4O/c1-10-3-4-12(7-13(10)14)18-9-11(16-17-18)8-15-5-6-19-2/h3-4,7,9,15H,5-6,8H2,1-2H3. The lowest BCUT2D eigenvalue weighted by molar-refractivity contribution is 0.199. The molecule has 0 aliphatic carbocycles. The second kappa shape index (κ2) is 6.65. The molecule has 5 nitrogen and oxygen atoms in total. The van der Waals surface area contributed by atoms with Gasteiger partial charge in [0.25, 0.3) is 0 Å². The van der Waals surface area contributed by atoms with Crippen molar-refractivity contribution in [1.29, 1.82) is 0 Å². The molecule has 2 rings (SSSR count). The fourth-order valence-corrected chi connectivity index (χ4v) is 1.80. The van der Waals surface area contributed by atoms with Gasteiger partial charge in [0.15, 0.2) is 0 Å². The van der Waals surface area contributed by atoms with Crippen LogP contribution in [-0.4, -0.2) is 35.3 Å². The van der Waals surface area contributed by atoms with Crippen LogP contribution >= 0.6 is 11.6 Å². The quantitative estimate of drug-likeness (QED) is 0.822. The van der Waals surface area contributed by atoms with Gasteiger partial charge in [0.2, 0.25) is 0 Å². The molecule has 1 heterocycles. The normalized spacial score (nSPS) is 10.9. The van der Waals surface area contributed by atoms with Gasteiger partial charge >= 0.3 is 0 Å². The highest BCUT2D eigenvalue weighted by molar-refractivity contribution is 6.31. The number of rotatable bonds is 6. The van der Waals surface area contributed by atoms with Gasteiger partial charge in [-0.3, -0.25) is 0 Å². The maximum Gasteiger partial charge on any atom is 0.0969 e. The summed E-state index contributed by atoms with van der Waals surface area (Å²) in [6, 6.07) is 5.82. The number of aromatic nitrogens is 3. The molecular formula is C13H17ClN4O. The van der Waals surface area contributed by atoms with Crippen molar-refractivity contribution in [2.24, 2.45) is 0 Å². The molecule has 19 heavy (non-hydrogen) atoms. The van der Waals surface area contributed by atoms with E-state index in [9.17, 15) is 0 Å². The summed E-state index contributed by atoms with van der Waals surface area (Å²) < 4.78 is 6.68. The first-order valence-electron chi connectivity index (χ1n) is 6.08. The Morgan fingerprint density at radius 3 is 3.00 bits per heavy atom. The van der Waals surface area contributed by atoms with Crippen LogP contribution in [-0.2, 0) is 11.3 Å². The van der Waals surface area contributed by atoms with Gasteiger partial charge in [-0.25, -0.2) is 4.68 Å². The number of methoxy groups -OCH3 is 1. The van der Waals surface area contributed by atoms with E-state index in [1.807, 2.05) is 31.3 Å². The lowest BCUT2D eigenvalue weighted by Crippen LogP contribution is -2.18. The number of benzene rings is 1. The SMILES string of the molecule is COCCNCc1cn(-c2ccc(C)c(Cl)c2)nn1. The highest BCUT2D eigenvalue weighted by atomic mass is 35.5. The summed E-state index contributed by atoms with van der Waals surface area (Å²) in [5.41, 5.74) is 2.84. The molecule has 0 spiro atoms. The Hall–Kier alpha value is -1.43. The van der Waals surface area contributed by atoms with E-state index in [2.05, 4.69) is 15.6 Å². The third-order valence-electron chi connectivity index (χ3n) is 2.75. The van der Waals surface area contributed by atoms with Crippen molar-refractivity contribution >= 4 is 11.6 Å². The average molecular weight is 281 g/mol. The monoisotopic (exact) mass is 280 g/mol. The number of nitrogens with one attached hydrogen (secondary N) is 1. The Balaban J connectivity index is 2.01. The lowest BCUT2D eigenvalue weighted by atomic mass is 10.2. The number of ether oxygens (including phenoxy) is 1. The van der Waals surface area contributed by atoms with Crippen LogP contribution in [0, 0.1) is 6.92 Å². The topological polar surface area (TPSA) is 52.0 Å². The predicted octanol–water partition coefficient (Wildman–Crippen LogP) is 1.97. The van der Waals surface area contributed by atoms with Gasteiger partial charge in [0.1, 0.15) is 0 Å². The van der Waals surface area contributed by atoms with Crippen molar-refractivity contribution < 1.29 is 4.74 Å². The van der Waals surface area contributed by atoms with Gasteiger partial charge in [-0.05, 0) is 24.6 Å². The van der Waals surface area contributed by atoms with Crippen LogP contribution < -0.4 is 5.32 Å². The zero-order chi connectivity index (χ0) is 13.7. The first-order valence-corrected chi connectivity index (χ1v) is 6.46. The van der Waals surface area contributed by atoms with Crippen molar-refractivity contribution in [2.75, 3.05) is 20.3 Å². The van der Waals surface area contributed by atoms with Crippen LogP contribution in [0.3, 0.4) is 0 Å². The number of aryl methyl sites for hydroxylation is 1. The van der Waals surface area contributed by atoms with Gasteiger partial charge in [0, 0.05) is 25.2 Å². The van der Waals surface area contributed by atoms with Crippen molar-refractivity contribution in [1.82, 2.24) is 20.3 Å². The minimum absolute atomic E-state index is 0.670. The molecule has 6 heteroatoms. The first kappa shape index (κ1) is 14.0. The minimum atomic E-state index is 0.670. The van der Waals surface area contributed by atoms with E-state index in [0.717, 1.165) is 28.5 Å². The molecule has 0 atom stereocenters. The molecule has 0 amide bonds. The molecular weight excluding hydrogens is 264 g/mol. The zero-order valence-corrected chi connectivity index (χ0v) is 11.8. The van der Waals surface area contributed by atoms with Crippen molar-refractivity contribution in [3.8, 4) is 5.69 Å². The zero-order valence-electron chi connectivity index (χ0n) is 11.1. The van der Waals surface area contributed by atoms with Gasteiger partial charge < -0.3 is 10.1 Å². The molecule has 0 fully saturated rings. The van der Waals surface area contributed by atoms with Gasteiger partial charge in [0.05, 0.1) is 24.2 Å². The summed E-state index contributed by atoms with van der Waals surface area (Å²) in [6.45, 7) is 4.11. The lowest BCUT2D eigenvalue weighted by Gasteiger charge is -2.02. The van der Waals surface area contributed by atoms with E-state index in [1.54, 1.807) is 11.8 Å². The second-order valence-electron chi connectivity index (χ2n) is 4.26. The Bertz CT molecular complexity index is 541. The molecule has 0 saturated heterocycles. The number of hydrogen-bond acceptors (Lipinski definition) is 4. The summed E-state index contributed by atoms with van der Waals surface area (Å²) in [4.78, 5) is 0. The molecule has 2 aromatic rings. The third-order valence-corrected chi connectivity index (χ3v) is 3.16. The van der Waals surface area contributed by atoms with Gasteiger partial charge in [-0.1, -0.05) is 22.9 Å². The highest BCUT2D eigenvalue weighted by Crippen LogP contribution is 2.18. The molecule has 0 saturated carbocycles. The average Bonchev–Trinajstić information content (AvgIpc) is 2.87. The van der Waals surface area contributed by atoms with E-state index < -0.39 is 0 Å².